The Morgan fingerprint density at radius 1 is 1.50 bits per heavy atom. The highest BCUT2D eigenvalue weighted by Gasteiger charge is 2.27. The van der Waals surface area contributed by atoms with Gasteiger partial charge in [0.2, 0.25) is 0 Å². The van der Waals surface area contributed by atoms with E-state index in [2.05, 4.69) is 0 Å². The fourth-order valence-corrected chi connectivity index (χ4v) is 1.34. The van der Waals surface area contributed by atoms with E-state index in [1.165, 1.54) is 0 Å². The lowest BCUT2D eigenvalue weighted by atomic mass is 9.89. The van der Waals surface area contributed by atoms with Crippen molar-refractivity contribution >= 4 is 0 Å². The lowest BCUT2D eigenvalue weighted by Gasteiger charge is -2.28. The van der Waals surface area contributed by atoms with Gasteiger partial charge in [0.25, 0.3) is 0 Å². The molecule has 0 aromatic heterocycles. The van der Waals surface area contributed by atoms with Crippen LogP contribution < -0.4 is 0 Å². The number of rotatable bonds is 1. The molecule has 10 heavy (non-hydrogen) atoms. The molecule has 2 unspecified atom stereocenters. The molecular formula is C8H15FO. The minimum atomic E-state index is -0.631. The Kier molecular flexibility index (Phi) is 2.66. The fourth-order valence-electron chi connectivity index (χ4n) is 1.34. The highest BCUT2D eigenvalue weighted by Crippen LogP contribution is 2.24. The summed E-state index contributed by atoms with van der Waals surface area (Å²) >= 11 is 0. The molecule has 1 rings (SSSR count). The first-order valence-corrected chi connectivity index (χ1v) is 3.93. The van der Waals surface area contributed by atoms with Crippen molar-refractivity contribution in [3.8, 4) is 0 Å². The van der Waals surface area contributed by atoms with E-state index < -0.39 is 6.17 Å². The number of ether oxygens (including phenoxy) is 1. The first-order chi connectivity index (χ1) is 4.72. The average Bonchev–Trinajstić information content (AvgIpc) is 1.88. The molecule has 0 saturated carbocycles. The van der Waals surface area contributed by atoms with Gasteiger partial charge < -0.3 is 4.74 Å². The van der Waals surface area contributed by atoms with E-state index >= 15 is 0 Å². The summed E-state index contributed by atoms with van der Waals surface area (Å²) in [7, 11) is 0. The molecule has 0 spiro atoms. The van der Waals surface area contributed by atoms with Gasteiger partial charge >= 0.3 is 0 Å². The highest BCUT2D eigenvalue weighted by atomic mass is 19.1. The van der Waals surface area contributed by atoms with Crippen molar-refractivity contribution in [3.05, 3.63) is 0 Å². The largest absolute Gasteiger partial charge is 0.381 e. The van der Waals surface area contributed by atoms with Gasteiger partial charge in [0.1, 0.15) is 6.17 Å². The van der Waals surface area contributed by atoms with Crippen molar-refractivity contribution in [2.24, 2.45) is 11.8 Å². The number of hydrogen-bond acceptors (Lipinski definition) is 1. The average molecular weight is 146 g/mol. The number of halogens is 1. The standard InChI is InChI=1S/C8H15FO/c1-6(2)7-5-10-4-3-8(7)9/h6-8H,3-5H2,1-2H3. The predicted molar refractivity (Wildman–Crippen MR) is 38.7 cm³/mol. The predicted octanol–water partition coefficient (Wildman–Crippen LogP) is 2.02. The summed E-state index contributed by atoms with van der Waals surface area (Å²) in [6.45, 7) is 5.31. The van der Waals surface area contributed by atoms with E-state index in [9.17, 15) is 4.39 Å². The maximum atomic E-state index is 13.0. The van der Waals surface area contributed by atoms with E-state index in [1.807, 2.05) is 13.8 Å². The first kappa shape index (κ1) is 7.99. The summed E-state index contributed by atoms with van der Waals surface area (Å²) in [5.74, 6) is 0.545. The van der Waals surface area contributed by atoms with Crippen molar-refractivity contribution in [2.45, 2.75) is 26.4 Å². The van der Waals surface area contributed by atoms with E-state index in [4.69, 9.17) is 4.74 Å². The maximum absolute atomic E-state index is 13.0. The van der Waals surface area contributed by atoms with Gasteiger partial charge in [-0.05, 0) is 5.92 Å². The van der Waals surface area contributed by atoms with Crippen molar-refractivity contribution in [3.63, 3.8) is 0 Å². The van der Waals surface area contributed by atoms with Crippen LogP contribution in [-0.4, -0.2) is 19.4 Å². The van der Waals surface area contributed by atoms with Gasteiger partial charge in [-0.2, -0.15) is 0 Å². The van der Waals surface area contributed by atoms with E-state index in [1.54, 1.807) is 0 Å². The lowest BCUT2D eigenvalue weighted by molar-refractivity contribution is -0.0162. The van der Waals surface area contributed by atoms with Gasteiger partial charge in [-0.3, -0.25) is 0 Å². The Labute approximate surface area is 61.6 Å². The molecule has 60 valence electrons. The minimum Gasteiger partial charge on any atom is -0.381 e. The SMILES string of the molecule is CC(C)C1COCCC1F. The van der Waals surface area contributed by atoms with E-state index in [0.717, 1.165) is 0 Å². The summed E-state index contributed by atoms with van der Waals surface area (Å²) < 4.78 is 18.2. The van der Waals surface area contributed by atoms with Gasteiger partial charge in [-0.15, -0.1) is 0 Å². The number of hydrogen-bond donors (Lipinski definition) is 0. The molecule has 0 aliphatic carbocycles. The van der Waals surface area contributed by atoms with Crippen LogP contribution in [0.2, 0.25) is 0 Å². The first-order valence-electron chi connectivity index (χ1n) is 3.93. The van der Waals surface area contributed by atoms with Crippen molar-refractivity contribution < 1.29 is 9.13 Å². The summed E-state index contributed by atoms with van der Waals surface area (Å²) in [5.41, 5.74) is 0. The second-order valence-electron chi connectivity index (χ2n) is 3.29. The zero-order valence-corrected chi connectivity index (χ0v) is 6.64. The fraction of sp³-hybridized carbons (Fsp3) is 1.00. The summed E-state index contributed by atoms with van der Waals surface area (Å²) in [4.78, 5) is 0. The quantitative estimate of drug-likeness (QED) is 0.550. The minimum absolute atomic E-state index is 0.133. The molecule has 0 N–H and O–H groups in total. The normalized spacial score (nSPS) is 34.8. The third kappa shape index (κ3) is 1.69. The Bertz CT molecular complexity index is 103. The maximum Gasteiger partial charge on any atom is 0.108 e. The Morgan fingerprint density at radius 3 is 2.60 bits per heavy atom. The summed E-state index contributed by atoms with van der Waals surface area (Å²) in [6, 6.07) is 0. The van der Waals surface area contributed by atoms with Crippen LogP contribution in [0.3, 0.4) is 0 Å². The van der Waals surface area contributed by atoms with E-state index in [-0.39, 0.29) is 5.92 Å². The van der Waals surface area contributed by atoms with Crippen molar-refractivity contribution in [2.75, 3.05) is 13.2 Å². The van der Waals surface area contributed by atoms with Crippen LogP contribution in [-0.2, 0) is 4.74 Å². The number of alkyl halides is 1. The van der Waals surface area contributed by atoms with Crippen LogP contribution in [0, 0.1) is 11.8 Å². The van der Waals surface area contributed by atoms with E-state index in [0.29, 0.717) is 25.6 Å². The Morgan fingerprint density at radius 2 is 2.20 bits per heavy atom. The third-order valence-corrected chi connectivity index (χ3v) is 2.17. The molecule has 0 aromatic carbocycles. The molecule has 0 amide bonds. The topological polar surface area (TPSA) is 9.23 Å². The molecule has 1 fully saturated rings. The molecule has 2 atom stereocenters. The second-order valence-corrected chi connectivity index (χ2v) is 3.29. The lowest BCUT2D eigenvalue weighted by Crippen LogP contribution is -2.32. The monoisotopic (exact) mass is 146 g/mol. The van der Waals surface area contributed by atoms with Gasteiger partial charge in [0.15, 0.2) is 0 Å². The Balaban J connectivity index is 2.40. The molecule has 1 aliphatic rings. The van der Waals surface area contributed by atoms with Gasteiger partial charge in [-0.1, -0.05) is 13.8 Å². The van der Waals surface area contributed by atoms with Gasteiger partial charge in [0.05, 0.1) is 6.61 Å². The zero-order valence-electron chi connectivity index (χ0n) is 6.64. The molecule has 0 bridgehead atoms. The highest BCUT2D eigenvalue weighted by molar-refractivity contribution is 4.75. The van der Waals surface area contributed by atoms with Gasteiger partial charge in [0, 0.05) is 18.9 Å². The molecule has 1 saturated heterocycles. The molecule has 1 aliphatic heterocycles. The smallest absolute Gasteiger partial charge is 0.108 e. The third-order valence-electron chi connectivity index (χ3n) is 2.17. The van der Waals surface area contributed by atoms with Crippen LogP contribution in [0.25, 0.3) is 0 Å². The summed E-state index contributed by atoms with van der Waals surface area (Å²) in [6.07, 6.45) is -0.0446. The Hall–Kier alpha value is -0.110. The molecule has 1 nitrogen and oxygen atoms in total. The molecule has 0 aromatic rings. The second kappa shape index (κ2) is 3.33. The van der Waals surface area contributed by atoms with Crippen LogP contribution in [0.4, 0.5) is 4.39 Å². The zero-order chi connectivity index (χ0) is 7.56. The molecule has 0 radical (unpaired) electrons. The van der Waals surface area contributed by atoms with Crippen LogP contribution >= 0.6 is 0 Å². The van der Waals surface area contributed by atoms with Crippen LogP contribution in [0.1, 0.15) is 20.3 Å². The molecule has 1 heterocycles. The van der Waals surface area contributed by atoms with Crippen molar-refractivity contribution in [1.82, 2.24) is 0 Å². The summed E-state index contributed by atoms with van der Waals surface area (Å²) in [5, 5.41) is 0. The molecular weight excluding hydrogens is 131 g/mol. The van der Waals surface area contributed by atoms with Crippen molar-refractivity contribution in [1.29, 1.82) is 0 Å². The van der Waals surface area contributed by atoms with Crippen LogP contribution in [0.15, 0.2) is 0 Å². The van der Waals surface area contributed by atoms with Gasteiger partial charge in [-0.25, -0.2) is 4.39 Å². The van der Waals surface area contributed by atoms with Crippen LogP contribution in [0.5, 0.6) is 0 Å². The molecule has 2 heteroatoms.